The van der Waals surface area contributed by atoms with E-state index >= 15 is 0 Å². The summed E-state index contributed by atoms with van der Waals surface area (Å²) in [6.07, 6.45) is 2.15. The smallest absolute Gasteiger partial charge is 0.179 e. The van der Waals surface area contributed by atoms with Gasteiger partial charge in [0.05, 0.1) is 16.9 Å². The Morgan fingerprint density at radius 2 is 1.88 bits per heavy atom. The summed E-state index contributed by atoms with van der Waals surface area (Å²) in [5.41, 5.74) is 0.631. The Labute approximate surface area is 101 Å². The zero-order valence-corrected chi connectivity index (χ0v) is 10.4. The molecule has 0 amide bonds. The van der Waals surface area contributed by atoms with Gasteiger partial charge in [-0.15, -0.1) is 0 Å². The zero-order valence-electron chi connectivity index (χ0n) is 9.59. The Hall–Kier alpha value is -1.55. The Balaban J connectivity index is 2.56. The summed E-state index contributed by atoms with van der Waals surface area (Å²) in [6, 6.07) is 10.4. The largest absolute Gasteiger partial charge is 0.464 e. The second kappa shape index (κ2) is 4.75. The molecule has 1 aromatic carbocycles. The van der Waals surface area contributed by atoms with Crippen LogP contribution in [-0.4, -0.2) is 14.2 Å². The lowest BCUT2D eigenvalue weighted by Gasteiger charge is -2.07. The van der Waals surface area contributed by atoms with E-state index in [0.717, 1.165) is 0 Å². The molecule has 0 saturated heterocycles. The van der Waals surface area contributed by atoms with Crippen LogP contribution in [0.25, 0.3) is 11.3 Å². The number of benzene rings is 1. The Morgan fingerprint density at radius 1 is 1.12 bits per heavy atom. The lowest BCUT2D eigenvalue weighted by Crippen LogP contribution is -2.07. The molecule has 0 radical (unpaired) electrons. The van der Waals surface area contributed by atoms with Crippen LogP contribution in [0.1, 0.15) is 13.3 Å². The van der Waals surface area contributed by atoms with Gasteiger partial charge in [0.1, 0.15) is 5.76 Å². The van der Waals surface area contributed by atoms with Crippen LogP contribution >= 0.6 is 0 Å². The summed E-state index contributed by atoms with van der Waals surface area (Å²) in [5, 5.41) is 0. The summed E-state index contributed by atoms with van der Waals surface area (Å²) < 4.78 is 29.5. The molecular weight excluding hydrogens is 236 g/mol. The van der Waals surface area contributed by atoms with Gasteiger partial charge in [-0.2, -0.15) is 0 Å². The summed E-state index contributed by atoms with van der Waals surface area (Å²) in [4.78, 5) is 0.344. The molecule has 0 saturated carbocycles. The third kappa shape index (κ3) is 2.42. The van der Waals surface area contributed by atoms with Gasteiger partial charge in [0.2, 0.25) is 0 Å². The molecule has 1 heterocycles. The lowest BCUT2D eigenvalue weighted by molar-refractivity contribution is 0.577. The van der Waals surface area contributed by atoms with Gasteiger partial charge < -0.3 is 4.42 Å². The van der Waals surface area contributed by atoms with E-state index in [0.29, 0.717) is 22.6 Å². The molecule has 2 rings (SSSR count). The number of hydrogen-bond donors (Lipinski definition) is 0. The van der Waals surface area contributed by atoms with E-state index in [1.807, 2.05) is 13.0 Å². The molecule has 17 heavy (non-hydrogen) atoms. The quantitative estimate of drug-likeness (QED) is 0.837. The maximum Gasteiger partial charge on any atom is 0.179 e. The van der Waals surface area contributed by atoms with E-state index in [2.05, 4.69) is 0 Å². The van der Waals surface area contributed by atoms with Crippen molar-refractivity contribution < 1.29 is 12.8 Å². The standard InChI is InChI=1S/C13H14O3S/c1-2-10-17(14,15)13-8-4-3-6-11(13)12-7-5-9-16-12/h3-9H,2,10H2,1H3. The Kier molecular flexibility index (Phi) is 3.33. The molecule has 0 atom stereocenters. The molecule has 3 nitrogen and oxygen atoms in total. The molecule has 0 spiro atoms. The van der Waals surface area contributed by atoms with Crippen molar-refractivity contribution in [1.82, 2.24) is 0 Å². The Bertz CT molecular complexity index is 583. The van der Waals surface area contributed by atoms with Gasteiger partial charge in [0, 0.05) is 5.56 Å². The van der Waals surface area contributed by atoms with Crippen LogP contribution in [0, 0.1) is 0 Å². The average Bonchev–Trinajstić information content (AvgIpc) is 2.82. The maximum atomic E-state index is 12.1. The van der Waals surface area contributed by atoms with Gasteiger partial charge in [-0.1, -0.05) is 19.1 Å². The molecule has 0 aliphatic rings. The van der Waals surface area contributed by atoms with Crippen molar-refractivity contribution in [3.8, 4) is 11.3 Å². The minimum atomic E-state index is -3.23. The van der Waals surface area contributed by atoms with E-state index in [-0.39, 0.29) is 5.75 Å². The monoisotopic (exact) mass is 250 g/mol. The topological polar surface area (TPSA) is 47.3 Å². The molecule has 0 aliphatic carbocycles. The SMILES string of the molecule is CCCS(=O)(=O)c1ccccc1-c1ccco1. The third-order valence-corrected chi connectivity index (χ3v) is 4.45. The molecular formula is C13H14O3S. The number of furan rings is 1. The van der Waals surface area contributed by atoms with Crippen LogP contribution in [0.15, 0.2) is 52.0 Å². The second-order valence-corrected chi connectivity index (χ2v) is 5.87. The number of sulfone groups is 1. The average molecular weight is 250 g/mol. The molecule has 0 unspecified atom stereocenters. The minimum absolute atomic E-state index is 0.157. The van der Waals surface area contributed by atoms with Crippen molar-refractivity contribution in [1.29, 1.82) is 0 Å². The molecule has 0 fully saturated rings. The van der Waals surface area contributed by atoms with Crippen molar-refractivity contribution in [2.75, 3.05) is 5.75 Å². The molecule has 0 N–H and O–H groups in total. The van der Waals surface area contributed by atoms with Crippen molar-refractivity contribution >= 4 is 9.84 Å². The summed E-state index contributed by atoms with van der Waals surface area (Å²) in [6.45, 7) is 1.85. The van der Waals surface area contributed by atoms with Crippen LogP contribution in [0.3, 0.4) is 0 Å². The zero-order chi connectivity index (χ0) is 12.3. The summed E-state index contributed by atoms with van der Waals surface area (Å²) >= 11 is 0. The van der Waals surface area contributed by atoms with Crippen molar-refractivity contribution in [3.63, 3.8) is 0 Å². The highest BCUT2D eigenvalue weighted by Gasteiger charge is 2.19. The highest BCUT2D eigenvalue weighted by Crippen LogP contribution is 2.28. The van der Waals surface area contributed by atoms with E-state index in [1.54, 1.807) is 36.6 Å². The van der Waals surface area contributed by atoms with Crippen LogP contribution in [-0.2, 0) is 9.84 Å². The molecule has 1 aromatic heterocycles. The van der Waals surface area contributed by atoms with Gasteiger partial charge in [-0.25, -0.2) is 8.42 Å². The lowest BCUT2D eigenvalue weighted by atomic mass is 10.2. The molecule has 4 heteroatoms. The second-order valence-electron chi connectivity index (χ2n) is 3.79. The fourth-order valence-electron chi connectivity index (χ4n) is 1.75. The number of rotatable bonds is 4. The Morgan fingerprint density at radius 3 is 2.53 bits per heavy atom. The fourth-order valence-corrected chi connectivity index (χ4v) is 3.30. The first-order chi connectivity index (χ1) is 8.15. The molecule has 0 bridgehead atoms. The summed E-state index contributed by atoms with van der Waals surface area (Å²) in [7, 11) is -3.23. The fraction of sp³-hybridized carbons (Fsp3) is 0.231. The normalized spacial score (nSPS) is 11.6. The van der Waals surface area contributed by atoms with E-state index < -0.39 is 9.84 Å². The third-order valence-electron chi connectivity index (χ3n) is 2.48. The number of hydrogen-bond acceptors (Lipinski definition) is 3. The van der Waals surface area contributed by atoms with E-state index in [4.69, 9.17) is 4.42 Å². The molecule has 90 valence electrons. The molecule has 0 aliphatic heterocycles. The predicted octanol–water partition coefficient (Wildman–Crippen LogP) is 3.13. The van der Waals surface area contributed by atoms with Crippen LogP contribution in [0.4, 0.5) is 0 Å². The predicted molar refractivity (Wildman–Crippen MR) is 66.5 cm³/mol. The minimum Gasteiger partial charge on any atom is -0.464 e. The van der Waals surface area contributed by atoms with Crippen molar-refractivity contribution in [2.45, 2.75) is 18.2 Å². The first kappa shape index (κ1) is 11.9. The highest BCUT2D eigenvalue weighted by molar-refractivity contribution is 7.91. The van der Waals surface area contributed by atoms with Gasteiger partial charge in [-0.3, -0.25) is 0 Å². The highest BCUT2D eigenvalue weighted by atomic mass is 32.2. The van der Waals surface area contributed by atoms with Crippen LogP contribution < -0.4 is 0 Å². The van der Waals surface area contributed by atoms with Crippen molar-refractivity contribution in [2.24, 2.45) is 0 Å². The van der Waals surface area contributed by atoms with Crippen LogP contribution in [0.5, 0.6) is 0 Å². The van der Waals surface area contributed by atoms with Crippen molar-refractivity contribution in [3.05, 3.63) is 42.7 Å². The summed E-state index contributed by atoms with van der Waals surface area (Å²) in [5.74, 6) is 0.741. The van der Waals surface area contributed by atoms with E-state index in [1.165, 1.54) is 0 Å². The first-order valence-corrected chi connectivity index (χ1v) is 7.16. The van der Waals surface area contributed by atoms with Gasteiger partial charge in [0.15, 0.2) is 9.84 Å². The van der Waals surface area contributed by atoms with E-state index in [9.17, 15) is 8.42 Å². The first-order valence-electron chi connectivity index (χ1n) is 5.51. The molecule has 2 aromatic rings. The van der Waals surface area contributed by atoms with Gasteiger partial charge in [-0.05, 0) is 30.7 Å². The van der Waals surface area contributed by atoms with Gasteiger partial charge in [0.25, 0.3) is 0 Å². The van der Waals surface area contributed by atoms with Crippen LogP contribution in [0.2, 0.25) is 0 Å². The maximum absolute atomic E-state index is 12.1. The van der Waals surface area contributed by atoms with Gasteiger partial charge >= 0.3 is 0 Å².